The number of rotatable bonds is 5. The maximum atomic E-state index is 5.48. The van der Waals surface area contributed by atoms with Crippen molar-refractivity contribution in [2.75, 3.05) is 13.7 Å². The van der Waals surface area contributed by atoms with Crippen LogP contribution in [0.25, 0.3) is 0 Å². The van der Waals surface area contributed by atoms with Gasteiger partial charge in [-0.05, 0) is 40.3 Å². The number of hydrogen-bond acceptors (Lipinski definition) is 5. The number of nitrogens with zero attached hydrogens (tertiary/aromatic N) is 4. The van der Waals surface area contributed by atoms with Gasteiger partial charge < -0.3 is 9.47 Å². The second-order valence-corrected chi connectivity index (χ2v) is 4.78. The molecule has 2 aromatic rings. The summed E-state index contributed by atoms with van der Waals surface area (Å²) in [6.07, 6.45) is 9.88. The van der Waals surface area contributed by atoms with Crippen LogP contribution >= 0.6 is 22.6 Å². The average molecular weight is 382 g/mol. The molecular weight excluding hydrogens is 371 g/mol. The van der Waals surface area contributed by atoms with Gasteiger partial charge in [0, 0.05) is 0 Å². The monoisotopic (exact) mass is 382 g/mol. The second-order valence-electron chi connectivity index (χ2n) is 3.61. The highest BCUT2D eigenvalue weighted by Crippen LogP contribution is 2.33. The minimum absolute atomic E-state index is 0.195. The van der Waals surface area contributed by atoms with Crippen LogP contribution < -0.4 is 9.47 Å². The van der Waals surface area contributed by atoms with Crippen molar-refractivity contribution in [2.45, 2.75) is 0 Å². The first-order valence-electron chi connectivity index (χ1n) is 5.57. The standard InChI is InChI=1S/C13H11IN4O2/c1-3-4-20-13-11(14)5-10(6-12(13)19-2)7-17-18-8-15-16-9-18/h1,5-9H,4H2,2H3/b17-7-. The summed E-state index contributed by atoms with van der Waals surface area (Å²) in [5.41, 5.74) is 0.869. The van der Waals surface area contributed by atoms with Gasteiger partial charge in [-0.2, -0.15) is 5.10 Å². The van der Waals surface area contributed by atoms with Gasteiger partial charge >= 0.3 is 0 Å². The lowest BCUT2D eigenvalue weighted by Gasteiger charge is -2.11. The molecule has 1 aromatic carbocycles. The van der Waals surface area contributed by atoms with E-state index < -0.39 is 0 Å². The highest BCUT2D eigenvalue weighted by atomic mass is 127. The van der Waals surface area contributed by atoms with Crippen molar-refractivity contribution in [1.29, 1.82) is 0 Å². The van der Waals surface area contributed by atoms with E-state index in [1.54, 1.807) is 13.3 Å². The minimum atomic E-state index is 0.195. The third kappa shape index (κ3) is 3.48. The molecule has 0 saturated heterocycles. The van der Waals surface area contributed by atoms with E-state index >= 15 is 0 Å². The Hall–Kier alpha value is -2.08. The van der Waals surface area contributed by atoms with Crippen LogP contribution in [0.15, 0.2) is 29.9 Å². The van der Waals surface area contributed by atoms with Gasteiger partial charge in [0.05, 0.1) is 16.9 Å². The van der Waals surface area contributed by atoms with Crippen LogP contribution in [0.3, 0.4) is 0 Å². The van der Waals surface area contributed by atoms with E-state index in [1.807, 2.05) is 12.1 Å². The number of aromatic nitrogens is 3. The molecule has 2 rings (SSSR count). The molecule has 0 N–H and O–H groups in total. The van der Waals surface area contributed by atoms with Crippen molar-refractivity contribution in [3.8, 4) is 23.8 Å². The van der Waals surface area contributed by atoms with Crippen molar-refractivity contribution in [3.05, 3.63) is 33.9 Å². The van der Waals surface area contributed by atoms with Crippen molar-refractivity contribution in [1.82, 2.24) is 14.9 Å². The molecule has 6 nitrogen and oxygen atoms in total. The van der Waals surface area contributed by atoms with Crippen LogP contribution in [0, 0.1) is 15.9 Å². The summed E-state index contributed by atoms with van der Waals surface area (Å²) in [5, 5.41) is 11.5. The van der Waals surface area contributed by atoms with Crippen molar-refractivity contribution >= 4 is 28.8 Å². The molecule has 20 heavy (non-hydrogen) atoms. The molecule has 0 spiro atoms. The smallest absolute Gasteiger partial charge is 0.175 e. The first-order chi connectivity index (χ1) is 9.74. The summed E-state index contributed by atoms with van der Waals surface area (Å²) in [5.74, 6) is 3.67. The first kappa shape index (κ1) is 14.3. The average Bonchev–Trinajstić information content (AvgIpc) is 2.96. The number of benzene rings is 1. The summed E-state index contributed by atoms with van der Waals surface area (Å²) >= 11 is 2.16. The van der Waals surface area contributed by atoms with Crippen molar-refractivity contribution in [2.24, 2.45) is 5.10 Å². The Kier molecular flexibility index (Phi) is 4.95. The van der Waals surface area contributed by atoms with Crippen LogP contribution in [-0.4, -0.2) is 34.8 Å². The summed E-state index contributed by atoms with van der Waals surface area (Å²) < 4.78 is 13.2. The molecule has 7 heteroatoms. The molecule has 1 heterocycles. The summed E-state index contributed by atoms with van der Waals surface area (Å²) in [7, 11) is 1.58. The zero-order valence-corrected chi connectivity index (χ0v) is 12.8. The third-order valence-corrected chi connectivity index (χ3v) is 3.10. The van der Waals surface area contributed by atoms with Gasteiger partial charge in [-0.1, -0.05) is 5.92 Å². The van der Waals surface area contributed by atoms with Gasteiger partial charge in [-0.15, -0.1) is 16.6 Å². The fourth-order valence-corrected chi connectivity index (χ4v) is 2.24. The molecule has 0 atom stereocenters. The van der Waals surface area contributed by atoms with Gasteiger partial charge in [0.15, 0.2) is 11.5 Å². The quantitative estimate of drug-likeness (QED) is 0.450. The molecule has 0 radical (unpaired) electrons. The molecule has 102 valence electrons. The van der Waals surface area contributed by atoms with Crippen molar-refractivity contribution in [3.63, 3.8) is 0 Å². The number of hydrogen-bond donors (Lipinski definition) is 0. The Bertz CT molecular complexity index is 647. The number of terminal acetylenes is 1. The van der Waals surface area contributed by atoms with Crippen LogP contribution in [-0.2, 0) is 0 Å². The molecule has 0 aliphatic carbocycles. The molecule has 0 amide bonds. The summed E-state index contributed by atoms with van der Waals surface area (Å²) in [4.78, 5) is 0. The van der Waals surface area contributed by atoms with E-state index in [-0.39, 0.29) is 6.61 Å². The lowest BCUT2D eigenvalue weighted by Crippen LogP contribution is -2.00. The molecule has 0 unspecified atom stereocenters. The number of halogens is 1. The van der Waals surface area contributed by atoms with Gasteiger partial charge in [0.25, 0.3) is 0 Å². The Morgan fingerprint density at radius 2 is 2.20 bits per heavy atom. The van der Waals surface area contributed by atoms with E-state index in [0.717, 1.165) is 9.13 Å². The second kappa shape index (κ2) is 6.91. The van der Waals surface area contributed by atoms with E-state index in [0.29, 0.717) is 11.5 Å². The predicted octanol–water partition coefficient (Wildman–Crippen LogP) is 1.79. The predicted molar refractivity (Wildman–Crippen MR) is 83.1 cm³/mol. The van der Waals surface area contributed by atoms with Crippen LogP contribution in [0.4, 0.5) is 0 Å². The molecule has 0 fully saturated rings. The van der Waals surface area contributed by atoms with Crippen LogP contribution in [0.1, 0.15) is 5.56 Å². The van der Waals surface area contributed by atoms with E-state index in [2.05, 4.69) is 43.8 Å². The molecule has 0 bridgehead atoms. The fraction of sp³-hybridized carbons (Fsp3) is 0.154. The lowest BCUT2D eigenvalue weighted by molar-refractivity contribution is 0.328. The van der Waals surface area contributed by atoms with Gasteiger partial charge in [0.2, 0.25) is 0 Å². The molecule has 0 saturated carbocycles. The SMILES string of the molecule is C#CCOc1c(I)cc(/C=N\n2cnnc2)cc1OC. The highest BCUT2D eigenvalue weighted by Gasteiger charge is 2.10. The Morgan fingerprint density at radius 1 is 1.45 bits per heavy atom. The normalized spacial score (nSPS) is 10.4. The Labute approximate surface area is 129 Å². The van der Waals surface area contributed by atoms with Crippen LogP contribution in [0.2, 0.25) is 0 Å². The lowest BCUT2D eigenvalue weighted by atomic mass is 10.2. The number of ether oxygens (including phenoxy) is 2. The Balaban J connectivity index is 2.28. The Morgan fingerprint density at radius 3 is 2.85 bits per heavy atom. The molecule has 1 aromatic heterocycles. The largest absolute Gasteiger partial charge is 0.493 e. The molecule has 0 aliphatic heterocycles. The van der Waals surface area contributed by atoms with Crippen molar-refractivity contribution < 1.29 is 9.47 Å². The topological polar surface area (TPSA) is 61.5 Å². The number of methoxy groups -OCH3 is 1. The van der Waals surface area contributed by atoms with Gasteiger partial charge in [-0.25, -0.2) is 4.68 Å². The van der Waals surface area contributed by atoms with Gasteiger partial charge in [0.1, 0.15) is 19.3 Å². The van der Waals surface area contributed by atoms with E-state index in [1.165, 1.54) is 17.3 Å². The maximum absolute atomic E-state index is 5.48. The zero-order valence-electron chi connectivity index (χ0n) is 10.7. The van der Waals surface area contributed by atoms with E-state index in [9.17, 15) is 0 Å². The van der Waals surface area contributed by atoms with E-state index in [4.69, 9.17) is 15.9 Å². The third-order valence-electron chi connectivity index (χ3n) is 2.30. The molecular formula is C13H11IN4O2. The fourth-order valence-electron chi connectivity index (χ4n) is 1.46. The maximum Gasteiger partial charge on any atom is 0.175 e. The summed E-state index contributed by atoms with van der Waals surface area (Å²) in [6, 6.07) is 3.74. The zero-order chi connectivity index (χ0) is 14.4. The first-order valence-corrected chi connectivity index (χ1v) is 6.65. The highest BCUT2D eigenvalue weighted by molar-refractivity contribution is 14.1. The molecule has 0 aliphatic rings. The summed E-state index contributed by atoms with van der Waals surface area (Å²) in [6.45, 7) is 0.195. The van der Waals surface area contributed by atoms with Crippen LogP contribution in [0.5, 0.6) is 11.5 Å². The minimum Gasteiger partial charge on any atom is -0.493 e. The van der Waals surface area contributed by atoms with Gasteiger partial charge in [-0.3, -0.25) is 0 Å².